The topological polar surface area (TPSA) is 38.0 Å². The predicted molar refractivity (Wildman–Crippen MR) is 44.7 cm³/mol. The first kappa shape index (κ1) is 6.93. The molecule has 0 unspecified atom stereocenters. The van der Waals surface area contributed by atoms with Gasteiger partial charge >= 0.3 is 0 Å². The number of nitrogen functional groups attached to an aromatic ring is 1. The fourth-order valence-electron chi connectivity index (χ4n) is 0.745. The molecule has 0 bridgehead atoms. The normalized spacial score (nSPS) is 9.30. The summed E-state index contributed by atoms with van der Waals surface area (Å²) in [7, 11) is 0. The van der Waals surface area contributed by atoms with Gasteiger partial charge < -0.3 is 11.1 Å². The van der Waals surface area contributed by atoms with E-state index in [1.54, 1.807) is 0 Å². The van der Waals surface area contributed by atoms with E-state index in [0.717, 1.165) is 11.4 Å². The summed E-state index contributed by atoms with van der Waals surface area (Å²) in [5.74, 6) is 0. The van der Waals surface area contributed by atoms with E-state index in [2.05, 4.69) is 12.2 Å². The van der Waals surface area contributed by atoms with E-state index in [-0.39, 0.29) is 0 Å². The average Bonchev–Trinajstić information content (AvgIpc) is 1.95. The van der Waals surface area contributed by atoms with Crippen LogP contribution in [0.15, 0.2) is 24.3 Å². The fourth-order valence-corrected chi connectivity index (χ4v) is 0.745. The van der Waals surface area contributed by atoms with E-state index >= 15 is 0 Å². The summed E-state index contributed by atoms with van der Waals surface area (Å²) in [6.07, 6.45) is 0. The van der Waals surface area contributed by atoms with Crippen LogP contribution in [0.25, 0.3) is 0 Å². The maximum atomic E-state index is 5.48. The van der Waals surface area contributed by atoms with Gasteiger partial charge in [-0.15, -0.1) is 0 Å². The van der Waals surface area contributed by atoms with Crippen molar-refractivity contribution < 1.29 is 0 Å². The van der Waals surface area contributed by atoms with Gasteiger partial charge in [-0.1, -0.05) is 0 Å². The number of rotatable bonds is 2. The third-order valence-corrected chi connectivity index (χ3v) is 1.24. The first-order valence-corrected chi connectivity index (χ1v) is 3.21. The molecular weight excluding hydrogens is 124 g/mol. The molecule has 0 saturated heterocycles. The van der Waals surface area contributed by atoms with E-state index in [4.69, 9.17) is 5.73 Å². The Labute approximate surface area is 61.1 Å². The molecule has 0 aromatic heterocycles. The van der Waals surface area contributed by atoms with E-state index in [1.165, 1.54) is 0 Å². The van der Waals surface area contributed by atoms with Crippen LogP contribution in [-0.2, 0) is 0 Å². The lowest BCUT2D eigenvalue weighted by atomic mass is 10.3. The molecule has 1 radical (unpaired) electrons. The second-order valence-electron chi connectivity index (χ2n) is 2.05. The molecule has 0 aliphatic rings. The highest BCUT2D eigenvalue weighted by atomic mass is 14.8. The largest absolute Gasteiger partial charge is 0.399 e. The van der Waals surface area contributed by atoms with Gasteiger partial charge in [0.15, 0.2) is 0 Å². The number of nitrogens with one attached hydrogen (secondary N) is 1. The summed E-state index contributed by atoms with van der Waals surface area (Å²) >= 11 is 0. The maximum absolute atomic E-state index is 5.48. The smallest absolute Gasteiger partial charge is 0.0341 e. The number of nitrogens with two attached hydrogens (primary N) is 1. The average molecular weight is 135 g/mol. The standard InChI is InChI=1S/C8H11N2/c1-2-10-8-5-3-7(9)4-6-8/h3-6,10H,1-2,9H2. The van der Waals surface area contributed by atoms with Crippen molar-refractivity contribution in [3.8, 4) is 0 Å². The zero-order chi connectivity index (χ0) is 7.40. The predicted octanol–water partition coefficient (Wildman–Crippen LogP) is 1.51. The van der Waals surface area contributed by atoms with E-state index in [0.29, 0.717) is 6.54 Å². The van der Waals surface area contributed by atoms with Crippen LogP contribution in [0.1, 0.15) is 0 Å². The van der Waals surface area contributed by atoms with Crippen LogP contribution in [0, 0.1) is 6.92 Å². The Morgan fingerprint density at radius 3 is 2.40 bits per heavy atom. The molecule has 1 aromatic rings. The number of anilines is 2. The Morgan fingerprint density at radius 2 is 1.90 bits per heavy atom. The minimum absolute atomic E-state index is 0.698. The van der Waals surface area contributed by atoms with Crippen LogP contribution in [0.5, 0.6) is 0 Å². The molecule has 3 N–H and O–H groups in total. The highest BCUT2D eigenvalue weighted by molar-refractivity contribution is 5.51. The molecular formula is C8H11N2. The Hall–Kier alpha value is -1.18. The van der Waals surface area contributed by atoms with Crippen molar-refractivity contribution in [2.45, 2.75) is 0 Å². The van der Waals surface area contributed by atoms with Gasteiger partial charge in [0, 0.05) is 17.9 Å². The minimum atomic E-state index is 0.698. The summed E-state index contributed by atoms with van der Waals surface area (Å²) in [5, 5.41) is 3.07. The molecule has 2 nitrogen and oxygen atoms in total. The molecule has 0 spiro atoms. The van der Waals surface area contributed by atoms with Gasteiger partial charge in [0.1, 0.15) is 0 Å². The molecule has 1 aromatic carbocycles. The maximum Gasteiger partial charge on any atom is 0.0341 e. The number of benzene rings is 1. The van der Waals surface area contributed by atoms with Crippen molar-refractivity contribution in [1.82, 2.24) is 0 Å². The summed E-state index contributed by atoms with van der Waals surface area (Å²) in [5.41, 5.74) is 7.33. The van der Waals surface area contributed by atoms with Crippen LogP contribution >= 0.6 is 0 Å². The lowest BCUT2D eigenvalue weighted by Gasteiger charge is -2.01. The lowest BCUT2D eigenvalue weighted by Crippen LogP contribution is -1.96. The van der Waals surface area contributed by atoms with Crippen molar-refractivity contribution in [1.29, 1.82) is 0 Å². The lowest BCUT2D eigenvalue weighted by molar-refractivity contribution is 1.34. The highest BCUT2D eigenvalue weighted by Gasteiger charge is 1.86. The molecule has 0 heterocycles. The van der Waals surface area contributed by atoms with Gasteiger partial charge in [-0.05, 0) is 31.2 Å². The van der Waals surface area contributed by atoms with Gasteiger partial charge in [-0.2, -0.15) is 0 Å². The minimum Gasteiger partial charge on any atom is -0.399 e. The third kappa shape index (κ3) is 1.65. The first-order valence-electron chi connectivity index (χ1n) is 3.21. The van der Waals surface area contributed by atoms with Gasteiger partial charge in [-0.3, -0.25) is 0 Å². The molecule has 10 heavy (non-hydrogen) atoms. The zero-order valence-corrected chi connectivity index (χ0v) is 5.80. The Balaban J connectivity index is 2.69. The van der Waals surface area contributed by atoms with Crippen LogP contribution in [-0.4, -0.2) is 6.54 Å². The van der Waals surface area contributed by atoms with Gasteiger partial charge in [0.2, 0.25) is 0 Å². The molecule has 0 atom stereocenters. The summed E-state index contributed by atoms with van der Waals surface area (Å²) in [6.45, 7) is 4.36. The summed E-state index contributed by atoms with van der Waals surface area (Å²) in [4.78, 5) is 0. The molecule has 53 valence electrons. The fraction of sp³-hybridized carbons (Fsp3) is 0.125. The van der Waals surface area contributed by atoms with E-state index < -0.39 is 0 Å². The summed E-state index contributed by atoms with van der Waals surface area (Å²) < 4.78 is 0. The second-order valence-corrected chi connectivity index (χ2v) is 2.05. The van der Waals surface area contributed by atoms with Crippen LogP contribution in [0.2, 0.25) is 0 Å². The number of hydrogen-bond donors (Lipinski definition) is 2. The molecule has 0 saturated carbocycles. The van der Waals surface area contributed by atoms with Crippen molar-refractivity contribution in [3.63, 3.8) is 0 Å². The quantitative estimate of drug-likeness (QED) is 0.603. The second kappa shape index (κ2) is 3.11. The molecule has 0 aliphatic heterocycles. The molecule has 0 amide bonds. The van der Waals surface area contributed by atoms with Gasteiger partial charge in [0.25, 0.3) is 0 Å². The van der Waals surface area contributed by atoms with Crippen molar-refractivity contribution in [2.24, 2.45) is 0 Å². The summed E-state index contributed by atoms with van der Waals surface area (Å²) in [6, 6.07) is 7.58. The molecule has 0 aliphatic carbocycles. The Morgan fingerprint density at radius 1 is 1.30 bits per heavy atom. The monoisotopic (exact) mass is 135 g/mol. The van der Waals surface area contributed by atoms with E-state index in [9.17, 15) is 0 Å². The van der Waals surface area contributed by atoms with Crippen LogP contribution in [0.3, 0.4) is 0 Å². The Bertz CT molecular complexity index is 191. The molecule has 2 heteroatoms. The van der Waals surface area contributed by atoms with E-state index in [1.807, 2.05) is 24.3 Å². The first-order chi connectivity index (χ1) is 4.83. The number of hydrogen-bond acceptors (Lipinski definition) is 2. The van der Waals surface area contributed by atoms with Crippen LogP contribution < -0.4 is 11.1 Å². The third-order valence-electron chi connectivity index (χ3n) is 1.24. The molecule has 0 fully saturated rings. The van der Waals surface area contributed by atoms with Gasteiger partial charge in [-0.25, -0.2) is 0 Å². The zero-order valence-electron chi connectivity index (χ0n) is 5.80. The highest BCUT2D eigenvalue weighted by Crippen LogP contribution is 2.09. The Kier molecular flexibility index (Phi) is 2.15. The van der Waals surface area contributed by atoms with Crippen molar-refractivity contribution in [3.05, 3.63) is 31.2 Å². The molecule has 1 rings (SSSR count). The SMILES string of the molecule is [CH2]CNc1ccc(N)cc1. The van der Waals surface area contributed by atoms with Gasteiger partial charge in [0.05, 0.1) is 0 Å². The van der Waals surface area contributed by atoms with Crippen molar-refractivity contribution >= 4 is 11.4 Å². The van der Waals surface area contributed by atoms with Crippen LogP contribution in [0.4, 0.5) is 11.4 Å². The van der Waals surface area contributed by atoms with Crippen molar-refractivity contribution in [2.75, 3.05) is 17.6 Å².